The van der Waals surface area contributed by atoms with Crippen LogP contribution in [0.3, 0.4) is 0 Å². The zero-order valence-electron chi connectivity index (χ0n) is 8.17. The Morgan fingerprint density at radius 2 is 2.00 bits per heavy atom. The summed E-state index contributed by atoms with van der Waals surface area (Å²) in [5, 5.41) is 9.54. The smallest absolute Gasteiger partial charge is 0.347 e. The monoisotopic (exact) mass is 197 g/mol. The molecule has 76 valence electrons. The van der Waals surface area contributed by atoms with Crippen molar-refractivity contribution >= 4 is 5.97 Å². The van der Waals surface area contributed by atoms with Crippen LogP contribution in [0.5, 0.6) is 5.75 Å². The Bertz CT molecular complexity index is 433. The van der Waals surface area contributed by atoms with Crippen LogP contribution in [0.15, 0.2) is 4.79 Å². The first-order valence-corrected chi connectivity index (χ1v) is 3.99. The lowest BCUT2D eigenvalue weighted by molar-refractivity contribution is 0.0595. The molecule has 14 heavy (non-hydrogen) atoms. The maximum Gasteiger partial charge on any atom is 0.347 e. The topological polar surface area (TPSA) is 79.4 Å². The van der Waals surface area contributed by atoms with E-state index < -0.39 is 11.5 Å². The molecule has 0 fully saturated rings. The number of nitrogens with one attached hydrogen (secondary N) is 1. The number of H-pyrrole nitrogens is 1. The summed E-state index contributed by atoms with van der Waals surface area (Å²) in [6, 6.07) is 0. The van der Waals surface area contributed by atoms with E-state index in [0.717, 1.165) is 7.11 Å². The van der Waals surface area contributed by atoms with Crippen LogP contribution >= 0.6 is 0 Å². The van der Waals surface area contributed by atoms with Gasteiger partial charge in [0.25, 0.3) is 5.56 Å². The predicted molar refractivity (Wildman–Crippen MR) is 49.5 cm³/mol. The number of ether oxygens (including phenoxy) is 1. The van der Waals surface area contributed by atoms with Crippen molar-refractivity contribution in [3.8, 4) is 5.75 Å². The standard InChI is InChI=1S/C9H11NO4/c1-4-5(2)10-8(12)6(7(4)11)9(13)14-3/h1-3H3,(H2,10,11,12). The second-order valence-corrected chi connectivity index (χ2v) is 2.92. The van der Waals surface area contributed by atoms with Crippen LogP contribution in [0.4, 0.5) is 0 Å². The molecule has 5 heteroatoms. The summed E-state index contributed by atoms with van der Waals surface area (Å²) < 4.78 is 4.37. The molecule has 1 aromatic rings. The molecule has 1 heterocycles. The van der Waals surface area contributed by atoms with Gasteiger partial charge in [-0.25, -0.2) is 4.79 Å². The second kappa shape index (κ2) is 3.53. The minimum Gasteiger partial charge on any atom is -0.506 e. The number of rotatable bonds is 1. The molecule has 0 bridgehead atoms. The third kappa shape index (κ3) is 1.48. The molecule has 1 aromatic heterocycles. The first kappa shape index (κ1) is 10.3. The molecule has 0 aromatic carbocycles. The van der Waals surface area contributed by atoms with Gasteiger partial charge in [-0.3, -0.25) is 4.79 Å². The molecule has 0 atom stereocenters. The SMILES string of the molecule is COC(=O)c1c(O)c(C)c(C)[nH]c1=O. The van der Waals surface area contributed by atoms with Crippen molar-refractivity contribution in [1.29, 1.82) is 0 Å². The van der Waals surface area contributed by atoms with Crippen LogP contribution in [0.25, 0.3) is 0 Å². The number of aromatic hydroxyl groups is 1. The molecule has 0 radical (unpaired) electrons. The van der Waals surface area contributed by atoms with Gasteiger partial charge in [-0.15, -0.1) is 0 Å². The van der Waals surface area contributed by atoms with Gasteiger partial charge in [-0.1, -0.05) is 0 Å². The van der Waals surface area contributed by atoms with E-state index in [1.807, 2.05) is 0 Å². The van der Waals surface area contributed by atoms with E-state index >= 15 is 0 Å². The number of aromatic amines is 1. The summed E-state index contributed by atoms with van der Waals surface area (Å²) in [7, 11) is 1.15. The Balaban J connectivity index is 3.52. The maximum atomic E-state index is 11.3. The summed E-state index contributed by atoms with van der Waals surface area (Å²) in [6.07, 6.45) is 0. The molecule has 2 N–H and O–H groups in total. The highest BCUT2D eigenvalue weighted by Gasteiger charge is 2.19. The Morgan fingerprint density at radius 3 is 2.50 bits per heavy atom. The van der Waals surface area contributed by atoms with Crippen molar-refractivity contribution in [3.63, 3.8) is 0 Å². The summed E-state index contributed by atoms with van der Waals surface area (Å²) in [6.45, 7) is 3.24. The number of esters is 1. The average molecular weight is 197 g/mol. The number of carbonyl (C=O) groups excluding carboxylic acids is 1. The Morgan fingerprint density at radius 1 is 1.43 bits per heavy atom. The van der Waals surface area contributed by atoms with Gasteiger partial charge in [-0.05, 0) is 13.8 Å². The highest BCUT2D eigenvalue weighted by atomic mass is 16.5. The molecule has 0 spiro atoms. The fraction of sp³-hybridized carbons (Fsp3) is 0.333. The zero-order valence-corrected chi connectivity index (χ0v) is 8.17. The van der Waals surface area contributed by atoms with Crippen LogP contribution < -0.4 is 5.56 Å². The van der Waals surface area contributed by atoms with E-state index in [4.69, 9.17) is 0 Å². The third-order valence-electron chi connectivity index (χ3n) is 2.07. The number of hydrogen-bond donors (Lipinski definition) is 2. The Kier molecular flexibility index (Phi) is 2.60. The largest absolute Gasteiger partial charge is 0.506 e. The first-order chi connectivity index (χ1) is 6.49. The highest BCUT2D eigenvalue weighted by Crippen LogP contribution is 2.20. The van der Waals surface area contributed by atoms with Crippen molar-refractivity contribution in [3.05, 3.63) is 27.2 Å². The highest BCUT2D eigenvalue weighted by molar-refractivity contribution is 5.92. The number of hydrogen-bond acceptors (Lipinski definition) is 4. The van der Waals surface area contributed by atoms with Crippen molar-refractivity contribution in [2.24, 2.45) is 0 Å². The summed E-state index contributed by atoms with van der Waals surface area (Å²) >= 11 is 0. The van der Waals surface area contributed by atoms with Crippen LogP contribution in [-0.2, 0) is 4.74 Å². The van der Waals surface area contributed by atoms with Gasteiger partial charge in [0.2, 0.25) is 0 Å². The van der Waals surface area contributed by atoms with Crippen molar-refractivity contribution < 1.29 is 14.6 Å². The lowest BCUT2D eigenvalue weighted by Crippen LogP contribution is -2.20. The molecule has 0 aliphatic rings. The fourth-order valence-corrected chi connectivity index (χ4v) is 1.09. The molecule has 0 aliphatic heterocycles. The first-order valence-electron chi connectivity index (χ1n) is 3.99. The summed E-state index contributed by atoms with van der Waals surface area (Å²) in [5.74, 6) is -1.16. The molecular formula is C9H11NO4. The molecule has 1 rings (SSSR count). The van der Waals surface area contributed by atoms with E-state index in [1.54, 1.807) is 13.8 Å². The minimum absolute atomic E-state index is 0.321. The Labute approximate surface area is 80.3 Å². The normalized spacial score (nSPS) is 9.93. The second-order valence-electron chi connectivity index (χ2n) is 2.92. The van der Waals surface area contributed by atoms with Crippen molar-refractivity contribution in [1.82, 2.24) is 4.98 Å². The van der Waals surface area contributed by atoms with E-state index in [2.05, 4.69) is 9.72 Å². The van der Waals surface area contributed by atoms with Gasteiger partial charge < -0.3 is 14.8 Å². The molecule has 0 saturated heterocycles. The molecule has 0 unspecified atom stereocenters. The van der Waals surface area contributed by atoms with Crippen molar-refractivity contribution in [2.75, 3.05) is 7.11 Å². The van der Waals surface area contributed by atoms with Gasteiger partial charge >= 0.3 is 5.97 Å². The van der Waals surface area contributed by atoms with Gasteiger partial charge in [-0.2, -0.15) is 0 Å². The van der Waals surface area contributed by atoms with Crippen molar-refractivity contribution in [2.45, 2.75) is 13.8 Å². The molecular weight excluding hydrogens is 186 g/mol. The molecule has 0 aliphatic carbocycles. The molecule has 0 amide bonds. The maximum absolute atomic E-state index is 11.3. The van der Waals surface area contributed by atoms with Gasteiger partial charge in [0.05, 0.1) is 7.11 Å². The van der Waals surface area contributed by atoms with Gasteiger partial charge in [0.1, 0.15) is 5.75 Å². The molecule has 0 saturated carbocycles. The van der Waals surface area contributed by atoms with E-state index in [0.29, 0.717) is 11.3 Å². The van der Waals surface area contributed by atoms with E-state index in [-0.39, 0.29) is 11.3 Å². The fourth-order valence-electron chi connectivity index (χ4n) is 1.09. The number of pyridine rings is 1. The number of methoxy groups -OCH3 is 1. The minimum atomic E-state index is -0.841. The van der Waals surface area contributed by atoms with E-state index in [9.17, 15) is 14.7 Å². The quantitative estimate of drug-likeness (QED) is 0.642. The summed E-state index contributed by atoms with van der Waals surface area (Å²) in [5.41, 5.74) is -0.00166. The predicted octanol–water partition coefficient (Wildman–Crippen LogP) is 0.484. The summed E-state index contributed by atoms with van der Waals surface area (Å²) in [4.78, 5) is 24.9. The zero-order chi connectivity index (χ0) is 10.9. The third-order valence-corrected chi connectivity index (χ3v) is 2.07. The van der Waals surface area contributed by atoms with Gasteiger partial charge in [0, 0.05) is 11.3 Å². The van der Waals surface area contributed by atoms with Gasteiger partial charge in [0.15, 0.2) is 5.56 Å². The van der Waals surface area contributed by atoms with Crippen LogP contribution in [0.1, 0.15) is 21.6 Å². The van der Waals surface area contributed by atoms with Crippen LogP contribution in [0, 0.1) is 13.8 Å². The van der Waals surface area contributed by atoms with E-state index in [1.165, 1.54) is 0 Å². The lowest BCUT2D eigenvalue weighted by Gasteiger charge is -2.06. The van der Waals surface area contributed by atoms with Crippen LogP contribution in [0.2, 0.25) is 0 Å². The Hall–Kier alpha value is -1.78. The lowest BCUT2D eigenvalue weighted by atomic mass is 10.1. The molecule has 5 nitrogen and oxygen atoms in total. The number of aryl methyl sites for hydroxylation is 1. The number of aromatic nitrogens is 1. The van der Waals surface area contributed by atoms with Crippen LogP contribution in [-0.4, -0.2) is 23.2 Å². The number of carbonyl (C=O) groups is 1. The average Bonchev–Trinajstić information content (AvgIpc) is 2.14.